The predicted molar refractivity (Wildman–Crippen MR) is 76.5 cm³/mol. The highest BCUT2D eigenvalue weighted by molar-refractivity contribution is 5.93. The van der Waals surface area contributed by atoms with E-state index in [0.717, 1.165) is 18.4 Å². The Hall–Kier alpha value is -2.70. The molecule has 2 amide bonds. The van der Waals surface area contributed by atoms with Crippen LogP contribution >= 0.6 is 0 Å². The van der Waals surface area contributed by atoms with Crippen LogP contribution in [-0.2, 0) is 13.0 Å². The van der Waals surface area contributed by atoms with Crippen LogP contribution in [0.4, 0.5) is 0 Å². The number of primary amides is 1. The minimum absolute atomic E-state index is 0.115. The van der Waals surface area contributed by atoms with E-state index in [1.165, 1.54) is 0 Å². The van der Waals surface area contributed by atoms with Crippen LogP contribution in [0.5, 0.6) is 0 Å². The number of hydrogen-bond donors (Lipinski definition) is 3. The van der Waals surface area contributed by atoms with Gasteiger partial charge in [0.1, 0.15) is 5.82 Å². The van der Waals surface area contributed by atoms with E-state index in [9.17, 15) is 9.59 Å². The molecule has 0 bridgehead atoms. The van der Waals surface area contributed by atoms with Gasteiger partial charge in [0.15, 0.2) is 0 Å². The van der Waals surface area contributed by atoms with Gasteiger partial charge in [0, 0.05) is 18.5 Å². The number of nitrogens with two attached hydrogens (primary N) is 1. The number of benzene rings is 1. The molecule has 2 rings (SSSR count). The molecule has 2 aromatic rings. The number of aryl methyl sites for hydroxylation is 1. The second-order valence-electron chi connectivity index (χ2n) is 4.60. The Morgan fingerprint density at radius 3 is 2.90 bits per heavy atom. The molecule has 7 heteroatoms. The molecule has 0 aliphatic carbocycles. The van der Waals surface area contributed by atoms with Gasteiger partial charge in [-0.25, -0.2) is 4.98 Å². The Morgan fingerprint density at radius 2 is 2.19 bits per heavy atom. The average molecular weight is 287 g/mol. The van der Waals surface area contributed by atoms with Gasteiger partial charge in [-0.3, -0.25) is 14.7 Å². The Balaban J connectivity index is 1.97. The molecule has 1 aromatic carbocycles. The van der Waals surface area contributed by atoms with Crippen LogP contribution in [0.15, 0.2) is 24.3 Å². The minimum atomic E-state index is -0.499. The first-order valence-electron chi connectivity index (χ1n) is 6.68. The van der Waals surface area contributed by atoms with Crippen LogP contribution in [-0.4, -0.2) is 27.0 Å². The first-order valence-corrected chi connectivity index (χ1v) is 6.68. The van der Waals surface area contributed by atoms with Crippen molar-refractivity contribution in [2.75, 3.05) is 0 Å². The molecule has 0 fully saturated rings. The fourth-order valence-corrected chi connectivity index (χ4v) is 1.84. The van der Waals surface area contributed by atoms with E-state index in [4.69, 9.17) is 5.73 Å². The second-order valence-corrected chi connectivity index (χ2v) is 4.60. The van der Waals surface area contributed by atoms with E-state index in [1.807, 2.05) is 6.92 Å². The molecule has 1 aromatic heterocycles. The Labute approximate surface area is 122 Å². The average Bonchev–Trinajstić information content (AvgIpc) is 2.94. The number of amides is 2. The van der Waals surface area contributed by atoms with Crippen LogP contribution < -0.4 is 11.1 Å². The summed E-state index contributed by atoms with van der Waals surface area (Å²) >= 11 is 0. The lowest BCUT2D eigenvalue weighted by atomic mass is 10.1. The van der Waals surface area contributed by atoms with Gasteiger partial charge in [0.2, 0.25) is 11.7 Å². The highest BCUT2D eigenvalue weighted by Gasteiger charge is 2.12. The van der Waals surface area contributed by atoms with E-state index in [-0.39, 0.29) is 18.3 Å². The van der Waals surface area contributed by atoms with Crippen molar-refractivity contribution in [1.82, 2.24) is 20.5 Å². The topological polar surface area (TPSA) is 114 Å². The van der Waals surface area contributed by atoms with Gasteiger partial charge in [0.05, 0.1) is 0 Å². The SMILES string of the molecule is CCCc1nc(C(=O)NCc2cccc(C(N)=O)c2)n[nH]1. The van der Waals surface area contributed by atoms with Crippen molar-refractivity contribution in [2.24, 2.45) is 5.73 Å². The number of H-pyrrole nitrogens is 1. The minimum Gasteiger partial charge on any atom is -0.366 e. The summed E-state index contributed by atoms with van der Waals surface area (Å²) in [5, 5.41) is 9.30. The van der Waals surface area contributed by atoms with Gasteiger partial charge in [0.25, 0.3) is 5.91 Å². The summed E-state index contributed by atoms with van der Waals surface area (Å²) in [6.07, 6.45) is 1.68. The molecule has 0 saturated heterocycles. The van der Waals surface area contributed by atoms with E-state index in [1.54, 1.807) is 24.3 Å². The fourth-order valence-electron chi connectivity index (χ4n) is 1.84. The molecular weight excluding hydrogens is 270 g/mol. The highest BCUT2D eigenvalue weighted by atomic mass is 16.2. The molecule has 110 valence electrons. The molecule has 0 unspecified atom stereocenters. The van der Waals surface area contributed by atoms with Crippen molar-refractivity contribution >= 4 is 11.8 Å². The molecule has 0 spiro atoms. The molecule has 1 heterocycles. The van der Waals surface area contributed by atoms with Crippen LogP contribution in [0.3, 0.4) is 0 Å². The van der Waals surface area contributed by atoms with Gasteiger partial charge in [-0.05, 0) is 24.1 Å². The maximum atomic E-state index is 11.9. The summed E-state index contributed by atoms with van der Waals surface area (Å²) in [6, 6.07) is 6.78. The molecule has 0 aliphatic heterocycles. The number of nitrogens with one attached hydrogen (secondary N) is 2. The van der Waals surface area contributed by atoms with Crippen LogP contribution in [0.25, 0.3) is 0 Å². The third-order valence-corrected chi connectivity index (χ3v) is 2.89. The van der Waals surface area contributed by atoms with Crippen LogP contribution in [0.2, 0.25) is 0 Å². The monoisotopic (exact) mass is 287 g/mol. The van der Waals surface area contributed by atoms with Gasteiger partial charge in [-0.1, -0.05) is 19.1 Å². The maximum Gasteiger partial charge on any atom is 0.291 e. The number of carbonyl (C=O) groups excluding carboxylic acids is 2. The highest BCUT2D eigenvalue weighted by Crippen LogP contribution is 2.05. The Kier molecular flexibility index (Phi) is 4.65. The van der Waals surface area contributed by atoms with Gasteiger partial charge >= 0.3 is 0 Å². The lowest BCUT2D eigenvalue weighted by Gasteiger charge is -2.04. The van der Waals surface area contributed by atoms with Crippen molar-refractivity contribution in [3.05, 3.63) is 47.0 Å². The number of aromatic amines is 1. The summed E-state index contributed by atoms with van der Waals surface area (Å²) in [5.74, 6) is -0.0534. The van der Waals surface area contributed by atoms with Crippen molar-refractivity contribution < 1.29 is 9.59 Å². The summed E-state index contributed by atoms with van der Waals surface area (Å²) in [4.78, 5) is 27.1. The second kappa shape index (κ2) is 6.65. The zero-order chi connectivity index (χ0) is 15.2. The van der Waals surface area contributed by atoms with Crippen molar-refractivity contribution in [1.29, 1.82) is 0 Å². The Bertz CT molecular complexity index is 650. The lowest BCUT2D eigenvalue weighted by molar-refractivity contribution is 0.0940. The van der Waals surface area contributed by atoms with Crippen LogP contribution in [0.1, 0.15) is 45.7 Å². The summed E-state index contributed by atoms with van der Waals surface area (Å²) in [5.41, 5.74) is 6.40. The quantitative estimate of drug-likeness (QED) is 0.728. The zero-order valence-corrected chi connectivity index (χ0v) is 11.7. The third-order valence-electron chi connectivity index (χ3n) is 2.89. The third kappa shape index (κ3) is 3.88. The van der Waals surface area contributed by atoms with E-state index < -0.39 is 5.91 Å². The standard InChI is InChI=1S/C14H17N5O2/c1-2-4-11-17-13(19-18-11)14(21)16-8-9-5-3-6-10(7-9)12(15)20/h3,5-7H,2,4,8H2,1H3,(H2,15,20)(H,16,21)(H,17,18,19). The molecule has 0 radical (unpaired) electrons. The first kappa shape index (κ1) is 14.7. The molecular formula is C14H17N5O2. The van der Waals surface area contributed by atoms with Gasteiger partial charge in [-0.15, -0.1) is 5.10 Å². The first-order chi connectivity index (χ1) is 10.1. The van der Waals surface area contributed by atoms with Crippen molar-refractivity contribution in [3.8, 4) is 0 Å². The predicted octanol–water partition coefficient (Wildman–Crippen LogP) is 0.786. The fraction of sp³-hybridized carbons (Fsp3) is 0.286. The van der Waals surface area contributed by atoms with E-state index in [2.05, 4.69) is 20.5 Å². The number of nitrogens with zero attached hydrogens (tertiary/aromatic N) is 2. The number of rotatable bonds is 6. The van der Waals surface area contributed by atoms with Crippen molar-refractivity contribution in [2.45, 2.75) is 26.3 Å². The number of carbonyl (C=O) groups is 2. The van der Waals surface area contributed by atoms with E-state index >= 15 is 0 Å². The summed E-state index contributed by atoms with van der Waals surface area (Å²) < 4.78 is 0. The smallest absolute Gasteiger partial charge is 0.291 e. The molecule has 21 heavy (non-hydrogen) atoms. The number of hydrogen-bond acceptors (Lipinski definition) is 4. The van der Waals surface area contributed by atoms with Crippen LogP contribution in [0, 0.1) is 0 Å². The van der Waals surface area contributed by atoms with Crippen molar-refractivity contribution in [3.63, 3.8) is 0 Å². The molecule has 0 atom stereocenters. The maximum absolute atomic E-state index is 11.9. The summed E-state index contributed by atoms with van der Waals surface area (Å²) in [7, 11) is 0. The largest absolute Gasteiger partial charge is 0.366 e. The molecule has 4 N–H and O–H groups in total. The van der Waals surface area contributed by atoms with Gasteiger partial charge in [-0.2, -0.15) is 0 Å². The van der Waals surface area contributed by atoms with Gasteiger partial charge < -0.3 is 11.1 Å². The molecule has 0 aliphatic rings. The Morgan fingerprint density at radius 1 is 1.38 bits per heavy atom. The van der Waals surface area contributed by atoms with E-state index in [0.29, 0.717) is 11.4 Å². The number of aromatic nitrogens is 3. The summed E-state index contributed by atoms with van der Waals surface area (Å²) in [6.45, 7) is 2.30. The molecule has 7 nitrogen and oxygen atoms in total. The normalized spacial score (nSPS) is 10.3. The molecule has 0 saturated carbocycles. The lowest BCUT2D eigenvalue weighted by Crippen LogP contribution is -2.24. The zero-order valence-electron chi connectivity index (χ0n) is 11.7.